The molecule has 4 nitrogen and oxygen atoms in total. The Morgan fingerprint density at radius 1 is 0.731 bits per heavy atom. The average molecular weight is 379 g/mol. The van der Waals surface area contributed by atoms with Crippen LogP contribution in [0.5, 0.6) is 11.5 Å². The van der Waals surface area contributed by atoms with E-state index in [2.05, 4.69) is 9.47 Å². The molecule has 0 radical (unpaired) electrons. The number of carbonyl (C=O) groups excluding carboxylic acids is 1. The van der Waals surface area contributed by atoms with Crippen LogP contribution < -0.4 is 14.8 Å². The van der Waals surface area contributed by atoms with Gasteiger partial charge in [0.2, 0.25) is 0 Å². The van der Waals surface area contributed by atoms with Gasteiger partial charge in [0.25, 0.3) is 0 Å². The smallest absolute Gasteiger partial charge is 0.451 e. The summed E-state index contributed by atoms with van der Waals surface area (Å²) < 4.78 is 88.7. The van der Waals surface area contributed by atoms with Crippen LogP contribution in [0.15, 0.2) is 60.7 Å². The van der Waals surface area contributed by atoms with Crippen molar-refractivity contribution in [2.75, 3.05) is 0 Å². The van der Waals surface area contributed by atoms with Gasteiger partial charge in [0, 0.05) is 0 Å². The molecular formula is C16H11F6NO3. The first-order valence-electron chi connectivity index (χ1n) is 6.98. The van der Waals surface area contributed by atoms with E-state index < -0.39 is 29.9 Å². The lowest BCUT2D eigenvalue weighted by Gasteiger charge is -2.36. The number of benzene rings is 2. The van der Waals surface area contributed by atoms with Gasteiger partial charge in [-0.25, -0.2) is 4.79 Å². The van der Waals surface area contributed by atoms with Crippen molar-refractivity contribution in [1.82, 2.24) is 5.32 Å². The van der Waals surface area contributed by atoms with Crippen LogP contribution >= 0.6 is 0 Å². The zero-order valence-corrected chi connectivity index (χ0v) is 12.8. The summed E-state index contributed by atoms with van der Waals surface area (Å²) in [7, 11) is 0. The number of amides is 1. The van der Waals surface area contributed by atoms with Crippen molar-refractivity contribution in [2.45, 2.75) is 18.1 Å². The molecule has 0 aliphatic heterocycles. The van der Waals surface area contributed by atoms with Crippen LogP contribution in [0.3, 0.4) is 0 Å². The molecule has 0 unspecified atom stereocenters. The quantitative estimate of drug-likeness (QED) is 0.620. The van der Waals surface area contributed by atoms with Crippen molar-refractivity contribution in [2.24, 2.45) is 0 Å². The lowest BCUT2D eigenvalue weighted by Crippen LogP contribution is -2.71. The summed E-state index contributed by atoms with van der Waals surface area (Å²) in [6.07, 6.45) is -14.0. The maximum Gasteiger partial charge on any atom is 0.458 e. The van der Waals surface area contributed by atoms with Crippen LogP contribution in [-0.2, 0) is 0 Å². The molecule has 2 rings (SSSR count). The molecule has 0 bridgehead atoms. The van der Waals surface area contributed by atoms with Crippen molar-refractivity contribution in [1.29, 1.82) is 0 Å². The van der Waals surface area contributed by atoms with E-state index in [0.717, 1.165) is 17.4 Å². The van der Waals surface area contributed by atoms with E-state index in [-0.39, 0.29) is 5.75 Å². The fourth-order valence-electron chi connectivity index (χ4n) is 1.87. The van der Waals surface area contributed by atoms with E-state index >= 15 is 0 Å². The second kappa shape index (κ2) is 7.14. The molecule has 1 amide bonds. The van der Waals surface area contributed by atoms with E-state index in [0.29, 0.717) is 0 Å². The van der Waals surface area contributed by atoms with Gasteiger partial charge in [-0.15, -0.1) is 0 Å². The lowest BCUT2D eigenvalue weighted by atomic mass is 10.2. The molecule has 0 spiro atoms. The van der Waals surface area contributed by atoms with Crippen molar-refractivity contribution < 1.29 is 40.6 Å². The van der Waals surface area contributed by atoms with Gasteiger partial charge in [-0.2, -0.15) is 26.3 Å². The van der Waals surface area contributed by atoms with Gasteiger partial charge in [-0.1, -0.05) is 36.4 Å². The molecule has 0 saturated carbocycles. The number of ether oxygens (including phenoxy) is 2. The first kappa shape index (κ1) is 19.4. The normalized spacial score (nSPS) is 12.4. The number of hydrogen-bond donors (Lipinski definition) is 1. The fourth-order valence-corrected chi connectivity index (χ4v) is 1.87. The molecule has 2 aromatic carbocycles. The molecule has 0 heterocycles. The standard InChI is InChI=1S/C16H11F6NO3/c17-15(18,19)14(16(20,21)22,26-12-9-5-2-6-10-12)23-13(24)25-11-7-3-1-4-8-11/h1-10H,(H,23,24). The number of carbonyl (C=O) groups is 1. The zero-order valence-electron chi connectivity index (χ0n) is 12.8. The molecule has 0 fully saturated rings. The molecule has 0 aliphatic carbocycles. The third kappa shape index (κ3) is 4.19. The van der Waals surface area contributed by atoms with E-state index in [1.54, 1.807) is 0 Å². The lowest BCUT2D eigenvalue weighted by molar-refractivity contribution is -0.364. The third-order valence-electron chi connectivity index (χ3n) is 3.04. The maximum atomic E-state index is 13.3. The van der Waals surface area contributed by atoms with Crippen LogP contribution in [0.4, 0.5) is 31.1 Å². The van der Waals surface area contributed by atoms with Crippen molar-refractivity contribution in [3.05, 3.63) is 60.7 Å². The molecule has 1 N–H and O–H groups in total. The van der Waals surface area contributed by atoms with E-state index in [1.165, 1.54) is 48.5 Å². The Morgan fingerprint density at radius 3 is 1.58 bits per heavy atom. The Labute approximate surface area is 143 Å². The highest BCUT2D eigenvalue weighted by atomic mass is 19.4. The molecule has 140 valence electrons. The van der Waals surface area contributed by atoms with E-state index in [9.17, 15) is 31.1 Å². The van der Waals surface area contributed by atoms with Crippen LogP contribution in [0.2, 0.25) is 0 Å². The topological polar surface area (TPSA) is 47.6 Å². The third-order valence-corrected chi connectivity index (χ3v) is 3.04. The molecule has 0 saturated heterocycles. The van der Waals surface area contributed by atoms with Gasteiger partial charge in [0.15, 0.2) is 0 Å². The predicted octanol–water partition coefficient (Wildman–Crippen LogP) is 4.67. The summed E-state index contributed by atoms with van der Waals surface area (Å²) in [6.45, 7) is 0. The Hall–Kier alpha value is -2.91. The highest BCUT2D eigenvalue weighted by molar-refractivity contribution is 5.71. The molecule has 0 aliphatic rings. The Bertz CT molecular complexity index is 717. The van der Waals surface area contributed by atoms with Gasteiger partial charge in [-0.3, -0.25) is 5.32 Å². The van der Waals surface area contributed by atoms with Crippen molar-refractivity contribution in [3.63, 3.8) is 0 Å². The Morgan fingerprint density at radius 2 is 1.15 bits per heavy atom. The minimum atomic E-state index is -6.03. The average Bonchev–Trinajstić information content (AvgIpc) is 2.54. The number of rotatable bonds is 4. The van der Waals surface area contributed by atoms with Crippen molar-refractivity contribution >= 4 is 6.09 Å². The van der Waals surface area contributed by atoms with Gasteiger partial charge in [-0.05, 0) is 24.3 Å². The minimum absolute atomic E-state index is 0.247. The number of halogens is 6. The largest absolute Gasteiger partial charge is 0.458 e. The van der Waals surface area contributed by atoms with Crippen LogP contribution in [0.25, 0.3) is 0 Å². The van der Waals surface area contributed by atoms with E-state index in [1.807, 2.05) is 0 Å². The fraction of sp³-hybridized carbons (Fsp3) is 0.188. The maximum absolute atomic E-state index is 13.3. The summed E-state index contributed by atoms with van der Waals surface area (Å²) >= 11 is 0. The molecule has 0 atom stereocenters. The monoisotopic (exact) mass is 379 g/mol. The predicted molar refractivity (Wildman–Crippen MR) is 77.5 cm³/mol. The van der Waals surface area contributed by atoms with Gasteiger partial charge >= 0.3 is 24.2 Å². The minimum Gasteiger partial charge on any atom is -0.451 e. The first-order valence-corrected chi connectivity index (χ1v) is 6.98. The Balaban J connectivity index is 2.37. The highest BCUT2D eigenvalue weighted by Gasteiger charge is 2.75. The number of hydrogen-bond acceptors (Lipinski definition) is 3. The highest BCUT2D eigenvalue weighted by Crippen LogP contribution is 2.44. The van der Waals surface area contributed by atoms with Gasteiger partial charge in [0.05, 0.1) is 0 Å². The van der Waals surface area contributed by atoms with Crippen LogP contribution in [-0.4, -0.2) is 24.2 Å². The zero-order chi connectivity index (χ0) is 19.4. The number of para-hydroxylation sites is 2. The summed E-state index contributed by atoms with van der Waals surface area (Å²) in [5, 5.41) is 0.774. The second-order valence-electron chi connectivity index (χ2n) is 4.92. The van der Waals surface area contributed by atoms with Crippen LogP contribution in [0.1, 0.15) is 0 Å². The van der Waals surface area contributed by atoms with E-state index in [4.69, 9.17) is 0 Å². The van der Waals surface area contributed by atoms with Gasteiger partial charge in [0.1, 0.15) is 11.5 Å². The summed E-state index contributed by atoms with van der Waals surface area (Å²) in [5.41, 5.74) is -4.99. The number of nitrogens with one attached hydrogen (secondary N) is 1. The summed E-state index contributed by atoms with van der Waals surface area (Å²) in [5.74, 6) is -0.995. The summed E-state index contributed by atoms with van der Waals surface area (Å²) in [6, 6.07) is 12.1. The second-order valence-corrected chi connectivity index (χ2v) is 4.92. The van der Waals surface area contributed by atoms with Gasteiger partial charge < -0.3 is 9.47 Å². The molecular weight excluding hydrogens is 368 g/mol. The Kier molecular flexibility index (Phi) is 5.33. The molecule has 2 aromatic rings. The summed E-state index contributed by atoms with van der Waals surface area (Å²) in [4.78, 5) is 11.7. The molecule has 0 aromatic heterocycles. The first-order chi connectivity index (χ1) is 12.1. The molecule has 26 heavy (non-hydrogen) atoms. The van der Waals surface area contributed by atoms with Crippen LogP contribution in [0, 0.1) is 0 Å². The van der Waals surface area contributed by atoms with Crippen molar-refractivity contribution in [3.8, 4) is 11.5 Å². The SMILES string of the molecule is O=C(NC(Oc1ccccc1)(C(F)(F)F)C(F)(F)F)Oc1ccccc1. The number of alkyl halides is 6. The molecule has 10 heteroatoms.